The molecule has 1 heterocycles. The van der Waals surface area contributed by atoms with Crippen LogP contribution in [0.5, 0.6) is 0 Å². The molecule has 0 amide bonds. The van der Waals surface area contributed by atoms with E-state index >= 15 is 0 Å². The fraction of sp³-hybridized carbons (Fsp3) is 0.333. The van der Waals surface area contributed by atoms with E-state index in [4.69, 9.17) is 5.11 Å². The summed E-state index contributed by atoms with van der Waals surface area (Å²) >= 11 is 0. The average Bonchev–Trinajstić information content (AvgIpc) is 3.33. The van der Waals surface area contributed by atoms with E-state index in [2.05, 4.69) is 35.7 Å². The third kappa shape index (κ3) is 3.88. The van der Waals surface area contributed by atoms with Crippen LogP contribution in [0.1, 0.15) is 53.6 Å². The van der Waals surface area contributed by atoms with Gasteiger partial charge >= 0.3 is 5.97 Å². The second-order valence-corrected chi connectivity index (χ2v) is 8.24. The minimum Gasteiger partial charge on any atom is -0.478 e. The number of benzene rings is 1. The van der Waals surface area contributed by atoms with Crippen LogP contribution in [0.4, 0.5) is 0 Å². The summed E-state index contributed by atoms with van der Waals surface area (Å²) in [7, 11) is -3.84. The van der Waals surface area contributed by atoms with Gasteiger partial charge in [-0.2, -0.15) is 0 Å². The molecule has 1 saturated carbocycles. The third-order valence-electron chi connectivity index (χ3n) is 4.39. The van der Waals surface area contributed by atoms with Crippen molar-refractivity contribution in [3.8, 4) is 0 Å². The number of nitrogens with zero attached hydrogens (tertiary/aromatic N) is 1. The first-order valence-corrected chi connectivity index (χ1v) is 9.58. The number of carboxylic acids is 1. The second kappa shape index (κ2) is 6.57. The second-order valence-electron chi connectivity index (χ2n) is 6.58. The number of aromatic nitrogens is 1. The highest BCUT2D eigenvalue weighted by molar-refractivity contribution is 7.89. The molecule has 0 unspecified atom stereocenters. The first kappa shape index (κ1) is 17.6. The molecule has 0 saturated heterocycles. The van der Waals surface area contributed by atoms with Crippen LogP contribution in [0.2, 0.25) is 0 Å². The highest BCUT2D eigenvalue weighted by atomic mass is 32.2. The number of rotatable bonds is 6. The van der Waals surface area contributed by atoms with E-state index in [1.807, 2.05) is 12.1 Å². The number of hydrogen-bond acceptors (Lipinski definition) is 4. The molecule has 2 N–H and O–H groups in total. The Labute approximate surface area is 147 Å². The maximum atomic E-state index is 12.4. The van der Waals surface area contributed by atoms with E-state index in [0.717, 1.165) is 18.1 Å². The Bertz CT molecular complexity index is 892. The monoisotopic (exact) mass is 360 g/mol. The molecule has 132 valence electrons. The fourth-order valence-electron chi connectivity index (χ4n) is 2.77. The molecule has 0 spiro atoms. The fourth-order valence-corrected chi connectivity index (χ4v) is 4.03. The lowest BCUT2D eigenvalue weighted by atomic mass is 10.0. The molecule has 0 aliphatic heterocycles. The van der Waals surface area contributed by atoms with Gasteiger partial charge in [0, 0.05) is 18.2 Å². The lowest BCUT2D eigenvalue weighted by Gasteiger charge is -2.08. The molecule has 1 aliphatic carbocycles. The Morgan fingerprint density at radius 3 is 2.52 bits per heavy atom. The lowest BCUT2D eigenvalue weighted by Crippen LogP contribution is -2.27. The molecule has 2 aromatic rings. The van der Waals surface area contributed by atoms with Crippen LogP contribution >= 0.6 is 0 Å². The molecule has 3 rings (SSSR count). The van der Waals surface area contributed by atoms with Crippen molar-refractivity contribution >= 4 is 16.0 Å². The van der Waals surface area contributed by atoms with Crippen LogP contribution in [-0.2, 0) is 10.0 Å². The molecule has 1 aromatic carbocycles. The minimum absolute atomic E-state index is 0.105. The summed E-state index contributed by atoms with van der Waals surface area (Å²) in [6.07, 6.45) is 1.91. The normalized spacial score (nSPS) is 19.8. The number of sulfonamides is 1. The van der Waals surface area contributed by atoms with E-state index < -0.39 is 16.0 Å². The van der Waals surface area contributed by atoms with Gasteiger partial charge in [0.15, 0.2) is 5.03 Å². The maximum absolute atomic E-state index is 12.4. The number of aromatic carboxylic acids is 1. The average molecular weight is 360 g/mol. The van der Waals surface area contributed by atoms with Crippen LogP contribution in [-0.4, -0.2) is 30.5 Å². The Balaban J connectivity index is 1.71. The largest absolute Gasteiger partial charge is 0.478 e. The van der Waals surface area contributed by atoms with E-state index in [0.29, 0.717) is 5.92 Å². The minimum atomic E-state index is -3.84. The van der Waals surface area contributed by atoms with Crippen molar-refractivity contribution in [2.75, 3.05) is 0 Å². The SMILES string of the molecule is CC(C)c1ccc([C@@H]2C[C@H]2NS(=O)(=O)c2cc(C(=O)O)ccn2)cc1. The van der Waals surface area contributed by atoms with Crippen LogP contribution in [0.25, 0.3) is 0 Å². The standard InChI is InChI=1S/C18H20N2O4S/c1-11(2)12-3-5-13(6-4-12)15-10-16(15)20-25(23,24)17-9-14(18(21)22)7-8-19-17/h3-9,11,15-16,20H,10H2,1-2H3,(H,21,22)/t15-,16+/m0/s1. The number of pyridine rings is 1. The Morgan fingerprint density at radius 2 is 1.92 bits per heavy atom. The van der Waals surface area contributed by atoms with Crippen molar-refractivity contribution in [1.82, 2.24) is 9.71 Å². The van der Waals surface area contributed by atoms with Gasteiger partial charge in [0.25, 0.3) is 10.0 Å². The molecule has 25 heavy (non-hydrogen) atoms. The topological polar surface area (TPSA) is 96.4 Å². The van der Waals surface area contributed by atoms with Crippen molar-refractivity contribution in [2.24, 2.45) is 0 Å². The molecule has 7 heteroatoms. The summed E-state index contributed by atoms with van der Waals surface area (Å²) in [5.74, 6) is -0.595. The van der Waals surface area contributed by atoms with Crippen LogP contribution in [0.3, 0.4) is 0 Å². The molecule has 1 aliphatic rings. The quantitative estimate of drug-likeness (QED) is 0.826. The van der Waals surface area contributed by atoms with Crippen molar-refractivity contribution < 1.29 is 18.3 Å². The Kier molecular flexibility index (Phi) is 4.62. The zero-order valence-electron chi connectivity index (χ0n) is 14.0. The summed E-state index contributed by atoms with van der Waals surface area (Å²) in [6.45, 7) is 4.25. The Morgan fingerprint density at radius 1 is 1.24 bits per heavy atom. The van der Waals surface area contributed by atoms with Crippen molar-refractivity contribution in [3.63, 3.8) is 0 Å². The highest BCUT2D eigenvalue weighted by Gasteiger charge is 2.41. The predicted octanol–water partition coefficient (Wildman–Crippen LogP) is 2.74. The first-order valence-electron chi connectivity index (χ1n) is 8.09. The summed E-state index contributed by atoms with van der Waals surface area (Å²) < 4.78 is 27.4. The lowest BCUT2D eigenvalue weighted by molar-refractivity contribution is 0.0696. The number of nitrogens with one attached hydrogen (secondary N) is 1. The molecule has 1 fully saturated rings. The number of carbonyl (C=O) groups is 1. The van der Waals surface area contributed by atoms with E-state index in [1.54, 1.807) is 0 Å². The van der Waals surface area contributed by atoms with Crippen LogP contribution in [0, 0.1) is 0 Å². The predicted molar refractivity (Wildman–Crippen MR) is 93.2 cm³/mol. The van der Waals surface area contributed by atoms with Gasteiger partial charge in [-0.3, -0.25) is 0 Å². The first-order chi connectivity index (χ1) is 11.8. The van der Waals surface area contributed by atoms with Gasteiger partial charge in [-0.15, -0.1) is 0 Å². The Hall–Kier alpha value is -2.25. The van der Waals surface area contributed by atoms with Gasteiger partial charge in [0.05, 0.1) is 5.56 Å². The van der Waals surface area contributed by atoms with Gasteiger partial charge in [-0.1, -0.05) is 38.1 Å². The van der Waals surface area contributed by atoms with E-state index in [1.165, 1.54) is 17.8 Å². The molecule has 2 atom stereocenters. The summed E-state index contributed by atoms with van der Waals surface area (Å²) in [5.41, 5.74) is 2.24. The zero-order chi connectivity index (χ0) is 18.2. The summed E-state index contributed by atoms with van der Waals surface area (Å²) in [5, 5.41) is 8.71. The van der Waals surface area contributed by atoms with Crippen molar-refractivity contribution in [1.29, 1.82) is 0 Å². The van der Waals surface area contributed by atoms with Crippen LogP contribution in [0.15, 0.2) is 47.6 Å². The van der Waals surface area contributed by atoms with Gasteiger partial charge in [0.2, 0.25) is 0 Å². The molecule has 0 radical (unpaired) electrons. The van der Waals surface area contributed by atoms with Gasteiger partial charge in [0.1, 0.15) is 0 Å². The number of carboxylic acid groups (broad SMARTS) is 1. The number of hydrogen-bond donors (Lipinski definition) is 2. The third-order valence-corrected chi connectivity index (χ3v) is 5.77. The molecular formula is C18H20N2O4S. The van der Waals surface area contributed by atoms with Crippen molar-refractivity contribution in [2.45, 2.75) is 43.2 Å². The molecule has 6 nitrogen and oxygen atoms in total. The molecular weight excluding hydrogens is 340 g/mol. The molecule has 0 bridgehead atoms. The molecule has 1 aromatic heterocycles. The highest BCUT2D eigenvalue weighted by Crippen LogP contribution is 2.41. The maximum Gasteiger partial charge on any atom is 0.335 e. The van der Waals surface area contributed by atoms with Gasteiger partial charge in [-0.25, -0.2) is 22.9 Å². The van der Waals surface area contributed by atoms with E-state index in [9.17, 15) is 13.2 Å². The van der Waals surface area contributed by atoms with Gasteiger partial charge < -0.3 is 5.11 Å². The van der Waals surface area contributed by atoms with Crippen molar-refractivity contribution in [3.05, 3.63) is 59.3 Å². The zero-order valence-corrected chi connectivity index (χ0v) is 14.8. The van der Waals surface area contributed by atoms with Crippen LogP contribution < -0.4 is 4.72 Å². The summed E-state index contributed by atoms with van der Waals surface area (Å²) in [4.78, 5) is 14.8. The van der Waals surface area contributed by atoms with Gasteiger partial charge in [-0.05, 0) is 35.6 Å². The van der Waals surface area contributed by atoms with E-state index in [-0.39, 0.29) is 22.5 Å². The summed E-state index contributed by atoms with van der Waals surface area (Å²) in [6, 6.07) is 10.4. The smallest absolute Gasteiger partial charge is 0.335 e.